The lowest BCUT2D eigenvalue weighted by atomic mass is 10.2. The average molecular weight is 261 g/mol. The lowest BCUT2D eigenvalue weighted by Crippen LogP contribution is -1.91. The molecule has 2 aromatic heterocycles. The molecule has 18 heavy (non-hydrogen) atoms. The van der Waals surface area contributed by atoms with Crippen molar-refractivity contribution in [2.24, 2.45) is 0 Å². The Labute approximate surface area is 107 Å². The molecule has 3 rings (SSSR count). The molecule has 0 fully saturated rings. The van der Waals surface area contributed by atoms with Gasteiger partial charge in [-0.15, -0.1) is 0 Å². The first-order valence-corrected chi connectivity index (χ1v) is 5.54. The smallest absolute Gasteiger partial charge is 0.183 e. The Morgan fingerprint density at radius 3 is 2.72 bits per heavy atom. The van der Waals surface area contributed by atoms with Crippen LogP contribution in [0.4, 0.5) is 11.5 Å². The maximum atomic E-state index is 5.87. The predicted molar refractivity (Wildman–Crippen MR) is 71.0 cm³/mol. The van der Waals surface area contributed by atoms with Gasteiger partial charge in [-0.3, -0.25) is 0 Å². The summed E-state index contributed by atoms with van der Waals surface area (Å²) in [5, 5.41) is 0.508. The van der Waals surface area contributed by atoms with E-state index in [2.05, 4.69) is 19.9 Å². The largest absolute Gasteiger partial charge is 0.398 e. The molecule has 0 bridgehead atoms. The number of hydrogen-bond acceptors (Lipinski definition) is 5. The van der Waals surface area contributed by atoms with E-state index in [4.69, 9.17) is 23.1 Å². The number of anilines is 2. The second-order valence-electron chi connectivity index (χ2n) is 3.78. The van der Waals surface area contributed by atoms with E-state index in [1.165, 1.54) is 6.33 Å². The zero-order chi connectivity index (χ0) is 12.7. The van der Waals surface area contributed by atoms with Crippen LogP contribution in [0.3, 0.4) is 0 Å². The number of halogens is 1. The van der Waals surface area contributed by atoms with Crippen LogP contribution in [0.1, 0.15) is 0 Å². The highest BCUT2D eigenvalue weighted by molar-refractivity contribution is 6.33. The van der Waals surface area contributed by atoms with Gasteiger partial charge in [0.1, 0.15) is 17.7 Å². The number of nitrogens with two attached hydrogens (primary N) is 2. The molecule has 6 nitrogen and oxygen atoms in total. The summed E-state index contributed by atoms with van der Waals surface area (Å²) in [6.07, 6.45) is 1.37. The Hall–Kier alpha value is -2.34. The normalized spacial score (nSPS) is 10.9. The van der Waals surface area contributed by atoms with Crippen LogP contribution in [-0.2, 0) is 0 Å². The molecule has 0 saturated carbocycles. The van der Waals surface area contributed by atoms with Gasteiger partial charge in [0.15, 0.2) is 11.5 Å². The van der Waals surface area contributed by atoms with E-state index in [0.717, 1.165) is 5.56 Å². The molecule has 0 atom stereocenters. The summed E-state index contributed by atoms with van der Waals surface area (Å²) in [5.41, 5.74) is 13.9. The highest BCUT2D eigenvalue weighted by Crippen LogP contribution is 2.26. The highest BCUT2D eigenvalue weighted by Gasteiger charge is 2.09. The molecular formula is C11H9ClN6. The molecule has 0 aliphatic carbocycles. The summed E-state index contributed by atoms with van der Waals surface area (Å²) < 4.78 is 0. The standard InChI is InChI=1S/C11H9ClN6/c12-6-2-1-5(3-7(6)13)10-17-8-9(14)15-4-16-11(8)18-10/h1-4H,13H2,(H3,14,15,16,17,18). The summed E-state index contributed by atoms with van der Waals surface area (Å²) in [5.74, 6) is 0.987. The van der Waals surface area contributed by atoms with Gasteiger partial charge in [0.25, 0.3) is 0 Å². The summed E-state index contributed by atoms with van der Waals surface area (Å²) in [7, 11) is 0. The number of imidazole rings is 1. The van der Waals surface area contributed by atoms with E-state index in [9.17, 15) is 0 Å². The van der Waals surface area contributed by atoms with Crippen LogP contribution in [0.2, 0.25) is 5.02 Å². The van der Waals surface area contributed by atoms with E-state index < -0.39 is 0 Å². The van der Waals surface area contributed by atoms with Crippen LogP contribution in [0.5, 0.6) is 0 Å². The van der Waals surface area contributed by atoms with E-state index in [0.29, 0.717) is 33.5 Å². The molecule has 0 spiro atoms. The number of benzene rings is 1. The van der Waals surface area contributed by atoms with E-state index in [1.54, 1.807) is 12.1 Å². The molecule has 0 radical (unpaired) electrons. The minimum absolute atomic E-state index is 0.362. The average Bonchev–Trinajstić information content (AvgIpc) is 2.78. The number of aromatic amines is 1. The molecule has 1 aromatic carbocycles. The minimum atomic E-state index is 0.362. The number of fused-ring (bicyclic) bond motifs is 1. The monoisotopic (exact) mass is 260 g/mol. The zero-order valence-electron chi connectivity index (χ0n) is 9.18. The Balaban J connectivity index is 2.19. The SMILES string of the molecule is Nc1cc(-c2nc3ncnc(N)c3[nH]2)ccc1Cl. The van der Waals surface area contributed by atoms with Crippen molar-refractivity contribution in [2.75, 3.05) is 11.5 Å². The van der Waals surface area contributed by atoms with Crippen LogP contribution in [-0.4, -0.2) is 19.9 Å². The van der Waals surface area contributed by atoms with Crippen molar-refractivity contribution in [1.82, 2.24) is 19.9 Å². The second-order valence-corrected chi connectivity index (χ2v) is 4.19. The van der Waals surface area contributed by atoms with Crippen molar-refractivity contribution in [3.8, 4) is 11.4 Å². The first-order valence-electron chi connectivity index (χ1n) is 5.17. The van der Waals surface area contributed by atoms with E-state index >= 15 is 0 Å². The molecule has 0 aliphatic rings. The predicted octanol–water partition coefficient (Wildman–Crippen LogP) is 1.84. The highest BCUT2D eigenvalue weighted by atomic mass is 35.5. The Bertz CT molecular complexity index is 735. The lowest BCUT2D eigenvalue weighted by Gasteiger charge is -2.00. The maximum Gasteiger partial charge on any atom is 0.183 e. The molecule has 7 heteroatoms. The van der Waals surface area contributed by atoms with Gasteiger partial charge >= 0.3 is 0 Å². The van der Waals surface area contributed by atoms with Gasteiger partial charge < -0.3 is 16.5 Å². The number of rotatable bonds is 1. The Kier molecular flexibility index (Phi) is 2.31. The number of nitrogens with one attached hydrogen (secondary N) is 1. The van der Waals surface area contributed by atoms with Gasteiger partial charge in [0.05, 0.1) is 10.7 Å². The van der Waals surface area contributed by atoms with Gasteiger partial charge in [0, 0.05) is 5.56 Å². The summed E-state index contributed by atoms with van der Waals surface area (Å²) in [4.78, 5) is 15.3. The third-order valence-electron chi connectivity index (χ3n) is 2.59. The molecule has 0 saturated heterocycles. The van der Waals surface area contributed by atoms with E-state index in [1.807, 2.05) is 6.07 Å². The number of nitrogen functional groups attached to an aromatic ring is 2. The van der Waals surface area contributed by atoms with E-state index in [-0.39, 0.29) is 0 Å². The summed E-state index contributed by atoms with van der Waals surface area (Å²) in [6, 6.07) is 5.28. The fourth-order valence-electron chi connectivity index (χ4n) is 1.67. The molecule has 90 valence electrons. The second kappa shape index (κ2) is 3.85. The number of nitrogens with zero attached hydrogens (tertiary/aromatic N) is 3. The van der Waals surface area contributed by atoms with Crippen molar-refractivity contribution < 1.29 is 0 Å². The first kappa shape index (κ1) is 10.8. The van der Waals surface area contributed by atoms with Gasteiger partial charge in [-0.05, 0) is 18.2 Å². The topological polar surface area (TPSA) is 106 Å². The van der Waals surface area contributed by atoms with Crippen LogP contribution >= 0.6 is 11.6 Å². The minimum Gasteiger partial charge on any atom is -0.398 e. The summed E-state index contributed by atoms with van der Waals surface area (Å²) in [6.45, 7) is 0. The molecule has 2 heterocycles. The van der Waals surface area contributed by atoms with Crippen molar-refractivity contribution in [2.45, 2.75) is 0 Å². The number of H-pyrrole nitrogens is 1. The molecule has 0 unspecified atom stereocenters. The van der Waals surface area contributed by atoms with Crippen LogP contribution in [0.25, 0.3) is 22.6 Å². The van der Waals surface area contributed by atoms with Crippen molar-refractivity contribution >= 4 is 34.3 Å². The number of aromatic nitrogens is 4. The Morgan fingerprint density at radius 2 is 2.00 bits per heavy atom. The zero-order valence-corrected chi connectivity index (χ0v) is 9.94. The van der Waals surface area contributed by atoms with Crippen LogP contribution in [0.15, 0.2) is 24.5 Å². The van der Waals surface area contributed by atoms with Crippen molar-refractivity contribution in [1.29, 1.82) is 0 Å². The van der Waals surface area contributed by atoms with Gasteiger partial charge in [-0.25, -0.2) is 15.0 Å². The third kappa shape index (κ3) is 1.63. The fourth-order valence-corrected chi connectivity index (χ4v) is 1.79. The quantitative estimate of drug-likeness (QED) is 0.579. The summed E-state index contributed by atoms with van der Waals surface area (Å²) >= 11 is 5.87. The molecule has 0 aliphatic heterocycles. The fraction of sp³-hybridized carbons (Fsp3) is 0. The molecular weight excluding hydrogens is 252 g/mol. The van der Waals surface area contributed by atoms with Crippen molar-refractivity contribution in [3.63, 3.8) is 0 Å². The third-order valence-corrected chi connectivity index (χ3v) is 2.93. The number of hydrogen-bond donors (Lipinski definition) is 3. The maximum absolute atomic E-state index is 5.87. The Morgan fingerprint density at radius 1 is 1.17 bits per heavy atom. The molecule has 5 N–H and O–H groups in total. The van der Waals surface area contributed by atoms with Crippen molar-refractivity contribution in [3.05, 3.63) is 29.5 Å². The first-order chi connectivity index (χ1) is 8.65. The lowest BCUT2D eigenvalue weighted by molar-refractivity contribution is 1.21. The molecule has 0 amide bonds. The van der Waals surface area contributed by atoms with Crippen LogP contribution < -0.4 is 11.5 Å². The van der Waals surface area contributed by atoms with Gasteiger partial charge in [-0.1, -0.05) is 11.6 Å². The molecule has 3 aromatic rings. The van der Waals surface area contributed by atoms with Gasteiger partial charge in [-0.2, -0.15) is 0 Å². The van der Waals surface area contributed by atoms with Gasteiger partial charge in [0.2, 0.25) is 0 Å². The van der Waals surface area contributed by atoms with Crippen LogP contribution in [0, 0.1) is 0 Å².